The van der Waals surface area contributed by atoms with E-state index < -0.39 is 0 Å². The Morgan fingerprint density at radius 2 is 2.33 bits per heavy atom. The zero-order valence-electron chi connectivity index (χ0n) is 10.2. The fraction of sp³-hybridized carbons (Fsp3) is 1.00. The number of aliphatic hydroxyl groups excluding tert-OH is 1. The highest BCUT2D eigenvalue weighted by Crippen LogP contribution is 2.16. The second kappa shape index (κ2) is 7.20. The fourth-order valence-electron chi connectivity index (χ4n) is 2.33. The van der Waals surface area contributed by atoms with E-state index in [0.717, 1.165) is 25.6 Å². The molecule has 1 heterocycles. The van der Waals surface area contributed by atoms with Crippen LogP contribution in [0.1, 0.15) is 26.7 Å². The van der Waals surface area contributed by atoms with Gasteiger partial charge in [0.1, 0.15) is 0 Å². The molecule has 0 bridgehead atoms. The monoisotopic (exact) mass is 214 g/mol. The van der Waals surface area contributed by atoms with Gasteiger partial charge in [-0.15, -0.1) is 0 Å². The number of piperidine rings is 1. The van der Waals surface area contributed by atoms with Crippen LogP contribution in [-0.4, -0.2) is 49.3 Å². The molecular weight excluding hydrogens is 188 g/mol. The highest BCUT2D eigenvalue weighted by Gasteiger charge is 2.20. The molecule has 1 saturated heterocycles. The first-order chi connectivity index (χ1) is 7.26. The van der Waals surface area contributed by atoms with Crippen LogP contribution < -0.4 is 5.32 Å². The summed E-state index contributed by atoms with van der Waals surface area (Å²) in [5.41, 5.74) is 0. The number of aliphatic hydroxyl groups is 1. The molecular formula is C12H26N2O. The first-order valence-electron chi connectivity index (χ1n) is 6.30. The van der Waals surface area contributed by atoms with Crippen LogP contribution in [0.4, 0.5) is 0 Å². The van der Waals surface area contributed by atoms with Crippen molar-refractivity contribution < 1.29 is 5.11 Å². The topological polar surface area (TPSA) is 35.5 Å². The number of hydrogen-bond donors (Lipinski definition) is 2. The minimum absolute atomic E-state index is 0.314. The SMILES string of the molecule is CCNCC1CCCN(CC(C)CO)C1. The summed E-state index contributed by atoms with van der Waals surface area (Å²) in [6.45, 7) is 10.3. The van der Waals surface area contributed by atoms with Crippen molar-refractivity contribution in [3.8, 4) is 0 Å². The molecule has 0 amide bonds. The van der Waals surface area contributed by atoms with Gasteiger partial charge in [-0.2, -0.15) is 0 Å². The highest BCUT2D eigenvalue weighted by molar-refractivity contribution is 4.75. The molecule has 2 N–H and O–H groups in total. The molecule has 3 heteroatoms. The zero-order valence-corrected chi connectivity index (χ0v) is 10.2. The highest BCUT2D eigenvalue weighted by atomic mass is 16.3. The van der Waals surface area contributed by atoms with E-state index in [1.807, 2.05) is 0 Å². The Hall–Kier alpha value is -0.120. The Morgan fingerprint density at radius 3 is 3.00 bits per heavy atom. The van der Waals surface area contributed by atoms with Crippen LogP contribution in [0.2, 0.25) is 0 Å². The van der Waals surface area contributed by atoms with E-state index in [0.29, 0.717) is 12.5 Å². The minimum atomic E-state index is 0.314. The predicted octanol–water partition coefficient (Wildman–Crippen LogP) is 0.936. The quantitative estimate of drug-likeness (QED) is 0.690. The maximum atomic E-state index is 9.03. The molecule has 0 spiro atoms. The van der Waals surface area contributed by atoms with E-state index in [1.165, 1.54) is 25.9 Å². The summed E-state index contributed by atoms with van der Waals surface area (Å²) in [4.78, 5) is 2.51. The number of nitrogens with one attached hydrogen (secondary N) is 1. The number of nitrogens with zero attached hydrogens (tertiary/aromatic N) is 1. The molecule has 15 heavy (non-hydrogen) atoms. The maximum absolute atomic E-state index is 9.03. The van der Waals surface area contributed by atoms with Crippen LogP contribution in [0, 0.1) is 11.8 Å². The summed E-state index contributed by atoms with van der Waals surface area (Å²) in [6.07, 6.45) is 2.67. The molecule has 0 aromatic carbocycles. The lowest BCUT2D eigenvalue weighted by atomic mass is 9.97. The second-order valence-corrected chi connectivity index (χ2v) is 4.86. The van der Waals surface area contributed by atoms with Gasteiger partial charge in [0.2, 0.25) is 0 Å². The van der Waals surface area contributed by atoms with Gasteiger partial charge in [0.15, 0.2) is 0 Å². The molecule has 90 valence electrons. The average Bonchev–Trinajstić information content (AvgIpc) is 2.26. The minimum Gasteiger partial charge on any atom is -0.396 e. The molecule has 2 atom stereocenters. The third-order valence-electron chi connectivity index (χ3n) is 3.17. The molecule has 0 saturated carbocycles. The molecule has 1 rings (SSSR count). The number of hydrogen-bond acceptors (Lipinski definition) is 3. The lowest BCUT2D eigenvalue weighted by Gasteiger charge is -2.34. The van der Waals surface area contributed by atoms with Crippen LogP contribution in [-0.2, 0) is 0 Å². The van der Waals surface area contributed by atoms with Gasteiger partial charge in [-0.05, 0) is 44.3 Å². The van der Waals surface area contributed by atoms with E-state index >= 15 is 0 Å². The largest absolute Gasteiger partial charge is 0.396 e. The van der Waals surface area contributed by atoms with Crippen LogP contribution in [0.5, 0.6) is 0 Å². The Labute approximate surface area is 93.9 Å². The van der Waals surface area contributed by atoms with Crippen molar-refractivity contribution in [2.75, 3.05) is 39.3 Å². The molecule has 3 nitrogen and oxygen atoms in total. The number of likely N-dealkylation sites (tertiary alicyclic amines) is 1. The molecule has 0 aromatic rings. The Morgan fingerprint density at radius 1 is 1.53 bits per heavy atom. The number of rotatable bonds is 6. The first kappa shape index (κ1) is 12.9. The van der Waals surface area contributed by atoms with E-state index in [2.05, 4.69) is 24.1 Å². The second-order valence-electron chi connectivity index (χ2n) is 4.86. The van der Waals surface area contributed by atoms with Crippen molar-refractivity contribution in [1.82, 2.24) is 10.2 Å². The third kappa shape index (κ3) is 4.96. The first-order valence-corrected chi connectivity index (χ1v) is 6.30. The summed E-state index contributed by atoms with van der Waals surface area (Å²) in [5, 5.41) is 12.5. The van der Waals surface area contributed by atoms with Gasteiger partial charge >= 0.3 is 0 Å². The van der Waals surface area contributed by atoms with E-state index in [9.17, 15) is 0 Å². The van der Waals surface area contributed by atoms with Crippen LogP contribution in [0.15, 0.2) is 0 Å². The summed E-state index contributed by atoms with van der Waals surface area (Å²) in [6, 6.07) is 0. The average molecular weight is 214 g/mol. The van der Waals surface area contributed by atoms with Gasteiger partial charge in [0.05, 0.1) is 0 Å². The van der Waals surface area contributed by atoms with Crippen molar-refractivity contribution in [3.05, 3.63) is 0 Å². The summed E-state index contributed by atoms with van der Waals surface area (Å²) >= 11 is 0. The Balaban J connectivity index is 2.22. The molecule has 2 unspecified atom stereocenters. The Kier molecular flexibility index (Phi) is 6.22. The zero-order chi connectivity index (χ0) is 11.1. The van der Waals surface area contributed by atoms with Gasteiger partial charge in [-0.3, -0.25) is 0 Å². The van der Waals surface area contributed by atoms with Gasteiger partial charge in [-0.25, -0.2) is 0 Å². The fourth-order valence-corrected chi connectivity index (χ4v) is 2.33. The van der Waals surface area contributed by atoms with Crippen molar-refractivity contribution in [3.63, 3.8) is 0 Å². The lowest BCUT2D eigenvalue weighted by Crippen LogP contribution is -2.41. The molecule has 1 fully saturated rings. The molecule has 1 aliphatic heterocycles. The summed E-state index contributed by atoms with van der Waals surface area (Å²) < 4.78 is 0. The molecule has 0 aromatic heterocycles. The summed E-state index contributed by atoms with van der Waals surface area (Å²) in [7, 11) is 0. The summed E-state index contributed by atoms with van der Waals surface area (Å²) in [5.74, 6) is 1.23. The van der Waals surface area contributed by atoms with Gasteiger partial charge < -0.3 is 15.3 Å². The van der Waals surface area contributed by atoms with E-state index in [-0.39, 0.29) is 0 Å². The predicted molar refractivity (Wildman–Crippen MR) is 64.0 cm³/mol. The van der Waals surface area contributed by atoms with Gasteiger partial charge in [0, 0.05) is 19.7 Å². The van der Waals surface area contributed by atoms with E-state index in [4.69, 9.17) is 5.11 Å². The normalized spacial score (nSPS) is 25.4. The third-order valence-corrected chi connectivity index (χ3v) is 3.17. The van der Waals surface area contributed by atoms with Gasteiger partial charge in [0.25, 0.3) is 0 Å². The molecule has 0 radical (unpaired) electrons. The van der Waals surface area contributed by atoms with Crippen LogP contribution >= 0.6 is 0 Å². The van der Waals surface area contributed by atoms with Crippen molar-refractivity contribution in [1.29, 1.82) is 0 Å². The molecule has 1 aliphatic rings. The van der Waals surface area contributed by atoms with Crippen molar-refractivity contribution in [2.45, 2.75) is 26.7 Å². The maximum Gasteiger partial charge on any atom is 0.0468 e. The van der Waals surface area contributed by atoms with Crippen molar-refractivity contribution >= 4 is 0 Å². The van der Waals surface area contributed by atoms with Crippen LogP contribution in [0.3, 0.4) is 0 Å². The Bertz CT molecular complexity index is 164. The lowest BCUT2D eigenvalue weighted by molar-refractivity contribution is 0.128. The van der Waals surface area contributed by atoms with Crippen molar-refractivity contribution in [2.24, 2.45) is 11.8 Å². The smallest absolute Gasteiger partial charge is 0.0468 e. The van der Waals surface area contributed by atoms with E-state index in [1.54, 1.807) is 0 Å². The van der Waals surface area contributed by atoms with Crippen LogP contribution in [0.25, 0.3) is 0 Å². The molecule has 0 aliphatic carbocycles. The standard InChI is InChI=1S/C12H26N2O/c1-3-13-7-12-5-4-6-14(9-12)8-11(2)10-15/h11-13,15H,3-10H2,1-2H3. The van der Waals surface area contributed by atoms with Gasteiger partial charge in [-0.1, -0.05) is 13.8 Å².